The average molecular weight is 719 g/mol. The van der Waals surface area contributed by atoms with Crippen molar-refractivity contribution in [1.29, 1.82) is 0 Å². The molecule has 0 aliphatic rings. The molecule has 3 rings (SSSR count). The quantitative estimate of drug-likeness (QED) is 0.146. The van der Waals surface area contributed by atoms with Gasteiger partial charge >= 0.3 is 24.5 Å². The number of halogens is 8. The van der Waals surface area contributed by atoms with E-state index in [-0.39, 0.29) is 53.3 Å². The van der Waals surface area contributed by atoms with Crippen molar-refractivity contribution < 1.29 is 49.9 Å². The molecule has 16 heteroatoms. The SMILES string of the molecule is CC(C)(C)CC(=O)CCNC(=O)C(F)(F)CNC(=O)N[C@@](Cc1ccccc1)(c1cc(F)cc(OC(F)(F)C(F)F)c1)c1ccc(Cl)cn1. The van der Waals surface area contributed by atoms with E-state index in [1.807, 2.05) is 31.4 Å². The number of Topliss-reactive ketones (excluding diaryl/α,β-unsaturated/α-hetero) is 1. The van der Waals surface area contributed by atoms with Crippen LogP contribution in [0.4, 0.5) is 35.5 Å². The first-order valence-corrected chi connectivity index (χ1v) is 15.2. The summed E-state index contributed by atoms with van der Waals surface area (Å²) in [7, 11) is 0. The molecule has 3 N–H and O–H groups in total. The van der Waals surface area contributed by atoms with Crippen LogP contribution in [0.15, 0.2) is 66.9 Å². The molecule has 0 aliphatic carbocycles. The van der Waals surface area contributed by atoms with E-state index in [0.717, 1.165) is 18.3 Å². The number of alkyl halides is 6. The molecule has 1 heterocycles. The van der Waals surface area contributed by atoms with Crippen LogP contribution in [0.2, 0.25) is 5.02 Å². The number of urea groups is 1. The topological polar surface area (TPSA) is 109 Å². The number of nitrogens with one attached hydrogen (secondary N) is 3. The van der Waals surface area contributed by atoms with Gasteiger partial charge < -0.3 is 20.7 Å². The number of hydrogen-bond acceptors (Lipinski definition) is 5. The van der Waals surface area contributed by atoms with Gasteiger partial charge in [-0.15, -0.1) is 0 Å². The van der Waals surface area contributed by atoms with E-state index in [9.17, 15) is 45.1 Å². The van der Waals surface area contributed by atoms with Gasteiger partial charge in [0.1, 0.15) is 22.9 Å². The number of carbonyl (C=O) groups excluding carboxylic acids is 3. The maximum Gasteiger partial charge on any atom is 0.461 e. The molecule has 1 atom stereocenters. The van der Waals surface area contributed by atoms with Crippen LogP contribution in [0.25, 0.3) is 0 Å². The predicted octanol–water partition coefficient (Wildman–Crippen LogP) is 7.04. The van der Waals surface area contributed by atoms with Crippen LogP contribution >= 0.6 is 11.6 Å². The summed E-state index contributed by atoms with van der Waals surface area (Å²) in [6.45, 7) is 3.55. The van der Waals surface area contributed by atoms with Gasteiger partial charge in [-0.1, -0.05) is 62.7 Å². The standard InChI is InChI=1S/C33H34ClF7N4O4/c1-30(2,3)17-24(46)11-12-42-28(47)32(38,39)19-44-29(48)45-31(16-20-7-5-4-6-8-20,26-10-9-22(34)18-43-26)21-13-23(35)15-25(14-21)49-33(40,41)27(36)37/h4-10,13-15,18,27H,11-12,16-17,19H2,1-3H3,(H,42,47)(H2,44,45,48)/t31-/m0/s1. The summed E-state index contributed by atoms with van der Waals surface area (Å²) < 4.78 is 102. The van der Waals surface area contributed by atoms with Crippen LogP contribution < -0.4 is 20.7 Å². The zero-order chi connectivity index (χ0) is 36.6. The van der Waals surface area contributed by atoms with Gasteiger partial charge in [-0.25, -0.2) is 9.18 Å². The lowest BCUT2D eigenvalue weighted by Crippen LogP contribution is -2.55. The van der Waals surface area contributed by atoms with Gasteiger partial charge in [0.2, 0.25) is 0 Å². The van der Waals surface area contributed by atoms with Crippen molar-refractivity contribution in [1.82, 2.24) is 20.9 Å². The summed E-state index contributed by atoms with van der Waals surface area (Å²) in [5.41, 5.74) is -2.42. The zero-order valence-electron chi connectivity index (χ0n) is 26.6. The van der Waals surface area contributed by atoms with E-state index in [1.165, 1.54) is 12.1 Å². The molecule has 2 aromatic carbocycles. The molecule has 0 aliphatic heterocycles. The highest BCUT2D eigenvalue weighted by Crippen LogP contribution is 2.37. The summed E-state index contributed by atoms with van der Waals surface area (Å²) >= 11 is 6.00. The maximum absolute atomic E-state index is 15.0. The Hall–Kier alpha value is -4.40. The molecule has 0 bridgehead atoms. The fourth-order valence-corrected chi connectivity index (χ4v) is 4.87. The van der Waals surface area contributed by atoms with Crippen LogP contribution in [0.1, 0.15) is 50.4 Å². The minimum absolute atomic E-state index is 0.0995. The fraction of sp³-hybridized carbons (Fsp3) is 0.394. The largest absolute Gasteiger partial charge is 0.461 e. The minimum atomic E-state index is -5.03. The molecule has 0 spiro atoms. The molecule has 3 aromatic rings. The Bertz CT molecular complexity index is 1610. The highest BCUT2D eigenvalue weighted by molar-refractivity contribution is 6.30. The summed E-state index contributed by atoms with van der Waals surface area (Å²) in [5, 5.41) is 6.41. The van der Waals surface area contributed by atoms with Gasteiger partial charge in [-0.05, 0) is 40.8 Å². The number of hydrogen-bond donors (Lipinski definition) is 3. The number of pyridine rings is 1. The second-order valence-corrected chi connectivity index (χ2v) is 12.8. The molecular weight excluding hydrogens is 685 g/mol. The molecule has 266 valence electrons. The van der Waals surface area contributed by atoms with Crippen molar-refractivity contribution in [3.63, 3.8) is 0 Å². The smallest absolute Gasteiger partial charge is 0.428 e. The van der Waals surface area contributed by atoms with Crippen LogP contribution in [0.5, 0.6) is 5.75 Å². The Morgan fingerprint density at radius 2 is 1.61 bits per heavy atom. The lowest BCUT2D eigenvalue weighted by atomic mass is 9.80. The van der Waals surface area contributed by atoms with Gasteiger partial charge in [0.05, 0.1) is 17.3 Å². The Kier molecular flexibility index (Phi) is 12.6. The van der Waals surface area contributed by atoms with E-state index < -0.39 is 54.0 Å². The summed E-state index contributed by atoms with van der Waals surface area (Å²) in [6, 6.07) is 11.3. The first kappa shape index (κ1) is 39.0. The molecule has 49 heavy (non-hydrogen) atoms. The Balaban J connectivity index is 1.96. The lowest BCUT2D eigenvalue weighted by Gasteiger charge is -2.36. The predicted molar refractivity (Wildman–Crippen MR) is 166 cm³/mol. The number of ketones is 1. The van der Waals surface area contributed by atoms with Crippen molar-refractivity contribution >= 4 is 29.3 Å². The van der Waals surface area contributed by atoms with E-state index in [0.29, 0.717) is 11.6 Å². The van der Waals surface area contributed by atoms with Crippen molar-refractivity contribution in [3.05, 3.63) is 94.5 Å². The monoisotopic (exact) mass is 718 g/mol. The lowest BCUT2D eigenvalue weighted by molar-refractivity contribution is -0.253. The molecule has 0 saturated carbocycles. The van der Waals surface area contributed by atoms with Gasteiger partial charge in [-0.2, -0.15) is 26.3 Å². The molecule has 8 nitrogen and oxygen atoms in total. The number of benzene rings is 2. The van der Waals surface area contributed by atoms with Crippen LogP contribution in [-0.2, 0) is 21.5 Å². The highest BCUT2D eigenvalue weighted by Gasteiger charge is 2.45. The number of nitrogens with zero attached hydrogens (tertiary/aromatic N) is 1. The van der Waals surface area contributed by atoms with Crippen molar-refractivity contribution in [2.24, 2.45) is 5.41 Å². The maximum atomic E-state index is 15.0. The molecular formula is C33H34ClF7N4O4. The molecule has 3 amide bonds. The Labute approximate surface area is 282 Å². The Morgan fingerprint density at radius 3 is 2.20 bits per heavy atom. The minimum Gasteiger partial charge on any atom is -0.428 e. The van der Waals surface area contributed by atoms with Gasteiger partial charge in [0, 0.05) is 38.1 Å². The molecule has 0 saturated heterocycles. The van der Waals surface area contributed by atoms with E-state index >= 15 is 0 Å². The highest BCUT2D eigenvalue weighted by atomic mass is 35.5. The fourth-order valence-electron chi connectivity index (χ4n) is 4.76. The van der Waals surface area contributed by atoms with Gasteiger partial charge in [0.25, 0.3) is 5.91 Å². The van der Waals surface area contributed by atoms with E-state index in [4.69, 9.17) is 11.6 Å². The molecule has 0 fully saturated rings. The summed E-state index contributed by atoms with van der Waals surface area (Å²) in [4.78, 5) is 41.8. The number of aromatic nitrogens is 1. The van der Waals surface area contributed by atoms with Crippen LogP contribution in [0, 0.1) is 11.2 Å². The normalized spacial score (nSPS) is 13.4. The average Bonchev–Trinajstić information content (AvgIpc) is 2.99. The van der Waals surface area contributed by atoms with E-state index in [2.05, 4.69) is 15.0 Å². The Morgan fingerprint density at radius 1 is 0.939 bits per heavy atom. The van der Waals surface area contributed by atoms with Crippen molar-refractivity contribution in [2.45, 2.75) is 64.0 Å². The van der Waals surface area contributed by atoms with Gasteiger partial charge in [-0.3, -0.25) is 14.6 Å². The molecule has 1 aromatic heterocycles. The zero-order valence-corrected chi connectivity index (χ0v) is 27.3. The van der Waals surface area contributed by atoms with Crippen LogP contribution in [-0.4, -0.2) is 54.3 Å². The first-order chi connectivity index (χ1) is 22.7. The number of ether oxygens (including phenoxy) is 1. The third-order valence-corrected chi connectivity index (χ3v) is 7.12. The van der Waals surface area contributed by atoms with Crippen molar-refractivity contribution in [2.75, 3.05) is 13.1 Å². The second kappa shape index (κ2) is 15.9. The van der Waals surface area contributed by atoms with Crippen LogP contribution in [0.3, 0.4) is 0 Å². The molecule has 0 unspecified atom stereocenters. The third-order valence-electron chi connectivity index (χ3n) is 6.90. The summed E-state index contributed by atoms with van der Waals surface area (Å²) in [5.74, 6) is -8.46. The number of amides is 3. The number of carbonyl (C=O) groups is 3. The third kappa shape index (κ3) is 11.3. The first-order valence-electron chi connectivity index (χ1n) is 14.8. The second-order valence-electron chi connectivity index (χ2n) is 12.4. The van der Waals surface area contributed by atoms with Crippen molar-refractivity contribution in [3.8, 4) is 5.75 Å². The molecule has 0 radical (unpaired) electrons. The van der Waals surface area contributed by atoms with E-state index in [1.54, 1.807) is 30.3 Å². The summed E-state index contributed by atoms with van der Waals surface area (Å²) in [6.07, 6.45) is -8.50. The van der Waals surface area contributed by atoms with Gasteiger partial charge in [0.15, 0.2) is 0 Å². The number of rotatable bonds is 15.